The molecule has 0 unspecified atom stereocenters. The van der Waals surface area contributed by atoms with Crippen molar-refractivity contribution in [2.75, 3.05) is 0 Å². The van der Waals surface area contributed by atoms with E-state index in [1.165, 1.54) is 4.31 Å². The zero-order valence-electron chi connectivity index (χ0n) is 16.9. The number of hydroxylamine groups is 1. The van der Waals surface area contributed by atoms with Gasteiger partial charge in [0.25, 0.3) is 5.91 Å². The van der Waals surface area contributed by atoms with Gasteiger partial charge < -0.3 is 0 Å². The van der Waals surface area contributed by atoms with Crippen molar-refractivity contribution >= 4 is 15.9 Å². The average molecular weight is 433 g/mol. The molecular formula is C22H22N2NaO4S+. The summed E-state index contributed by atoms with van der Waals surface area (Å²) in [6, 6.07) is 22.5. The van der Waals surface area contributed by atoms with Gasteiger partial charge in [-0.1, -0.05) is 60.2 Å². The Morgan fingerprint density at radius 1 is 0.867 bits per heavy atom. The second-order valence-corrected chi connectivity index (χ2v) is 8.65. The van der Waals surface area contributed by atoms with Gasteiger partial charge in [0.2, 0.25) is 10.0 Å². The zero-order chi connectivity index (χ0) is 20.9. The van der Waals surface area contributed by atoms with Crippen LogP contribution in [-0.4, -0.2) is 23.8 Å². The van der Waals surface area contributed by atoms with Gasteiger partial charge in [-0.15, -0.1) is 0 Å². The van der Waals surface area contributed by atoms with E-state index in [0.29, 0.717) is 0 Å². The summed E-state index contributed by atoms with van der Waals surface area (Å²) in [6.07, 6.45) is 0. The van der Waals surface area contributed by atoms with Crippen molar-refractivity contribution in [1.82, 2.24) is 9.79 Å². The van der Waals surface area contributed by atoms with Crippen molar-refractivity contribution in [3.8, 4) is 0 Å². The Balaban J connectivity index is 0.00000320. The second-order valence-electron chi connectivity index (χ2n) is 6.71. The topological polar surface area (TPSA) is 86.7 Å². The SMILES string of the molecule is Cc1ccc(CN(Cc2ccc(C(=O)NO)cc2)S(=O)(=O)c2ccccc2)cc1.[Na+]. The molecule has 3 aromatic carbocycles. The van der Waals surface area contributed by atoms with Crippen molar-refractivity contribution in [1.29, 1.82) is 0 Å². The number of sulfonamides is 1. The Kier molecular flexibility index (Phi) is 8.78. The number of aryl methyl sites for hydroxylation is 1. The maximum absolute atomic E-state index is 13.3. The van der Waals surface area contributed by atoms with Crippen molar-refractivity contribution in [2.24, 2.45) is 0 Å². The molecule has 150 valence electrons. The van der Waals surface area contributed by atoms with Crippen LogP contribution in [0.3, 0.4) is 0 Å². The van der Waals surface area contributed by atoms with Gasteiger partial charge in [-0.25, -0.2) is 13.9 Å². The fraction of sp³-hybridized carbons (Fsp3) is 0.136. The third-order valence-corrected chi connectivity index (χ3v) is 6.34. The van der Waals surface area contributed by atoms with Crippen LogP contribution < -0.4 is 35.0 Å². The molecule has 0 fully saturated rings. The Bertz CT molecular complexity index is 1070. The number of nitrogens with zero attached hydrogens (tertiary/aromatic N) is 1. The van der Waals surface area contributed by atoms with Crippen LogP contribution in [0.5, 0.6) is 0 Å². The standard InChI is InChI=1S/C22H22N2O4S.Na/c1-17-7-9-18(10-8-17)15-24(29(27,28)21-5-3-2-4-6-21)16-19-11-13-20(14-12-19)22(25)23-26;/h2-14,26H,15-16H2,1H3,(H,23,25);/q;+1. The molecule has 0 aliphatic heterocycles. The van der Waals surface area contributed by atoms with Crippen molar-refractivity contribution < 1.29 is 48.0 Å². The molecule has 0 aliphatic carbocycles. The average Bonchev–Trinajstić information content (AvgIpc) is 2.75. The molecule has 0 bridgehead atoms. The predicted molar refractivity (Wildman–Crippen MR) is 110 cm³/mol. The number of carbonyl (C=O) groups is 1. The summed E-state index contributed by atoms with van der Waals surface area (Å²) in [4.78, 5) is 11.7. The van der Waals surface area contributed by atoms with Gasteiger partial charge in [0, 0.05) is 18.7 Å². The van der Waals surface area contributed by atoms with E-state index in [9.17, 15) is 13.2 Å². The third-order valence-electron chi connectivity index (χ3n) is 4.54. The molecule has 3 aromatic rings. The summed E-state index contributed by atoms with van der Waals surface area (Å²) >= 11 is 0. The third kappa shape index (κ3) is 6.01. The van der Waals surface area contributed by atoms with Gasteiger partial charge in [0.05, 0.1) is 4.90 Å². The Hall–Kier alpha value is -2.00. The summed E-state index contributed by atoms with van der Waals surface area (Å²) < 4.78 is 27.9. The van der Waals surface area contributed by atoms with Crippen LogP contribution in [0, 0.1) is 6.92 Å². The molecular weight excluding hydrogens is 411 g/mol. The first kappa shape index (κ1) is 24.3. The number of carbonyl (C=O) groups excluding carboxylic acids is 1. The maximum atomic E-state index is 13.3. The van der Waals surface area contributed by atoms with Gasteiger partial charge in [-0.3, -0.25) is 10.0 Å². The minimum absolute atomic E-state index is 0. The van der Waals surface area contributed by atoms with Crippen LogP contribution in [0.4, 0.5) is 0 Å². The molecule has 2 N–H and O–H groups in total. The summed E-state index contributed by atoms with van der Waals surface area (Å²) in [7, 11) is -3.72. The van der Waals surface area contributed by atoms with Crippen molar-refractivity contribution in [3.63, 3.8) is 0 Å². The summed E-state index contributed by atoms with van der Waals surface area (Å²) in [5.41, 5.74) is 4.57. The van der Waals surface area contributed by atoms with E-state index in [1.54, 1.807) is 60.1 Å². The van der Waals surface area contributed by atoms with Crippen LogP contribution in [-0.2, 0) is 23.1 Å². The minimum Gasteiger partial charge on any atom is -0.288 e. The normalized spacial score (nSPS) is 11.0. The quantitative estimate of drug-likeness (QED) is 0.323. The number of hydrogen-bond acceptors (Lipinski definition) is 4. The van der Waals surface area contributed by atoms with E-state index < -0.39 is 15.9 Å². The van der Waals surface area contributed by atoms with Crippen LogP contribution in [0.25, 0.3) is 0 Å². The number of amides is 1. The Morgan fingerprint density at radius 3 is 1.87 bits per heavy atom. The summed E-state index contributed by atoms with van der Waals surface area (Å²) in [5, 5.41) is 8.73. The van der Waals surface area contributed by atoms with Crippen LogP contribution in [0.1, 0.15) is 27.0 Å². The van der Waals surface area contributed by atoms with Gasteiger partial charge >= 0.3 is 29.6 Å². The Morgan fingerprint density at radius 2 is 1.37 bits per heavy atom. The number of nitrogens with one attached hydrogen (secondary N) is 1. The minimum atomic E-state index is -3.72. The first-order valence-electron chi connectivity index (χ1n) is 9.04. The second kappa shape index (κ2) is 10.9. The molecule has 0 atom stereocenters. The largest absolute Gasteiger partial charge is 1.00 e. The van der Waals surface area contributed by atoms with Crippen molar-refractivity contribution in [3.05, 3.63) is 101 Å². The van der Waals surface area contributed by atoms with Gasteiger partial charge in [0.1, 0.15) is 0 Å². The molecule has 0 saturated heterocycles. The smallest absolute Gasteiger partial charge is 0.288 e. The molecule has 0 aliphatic rings. The monoisotopic (exact) mass is 433 g/mol. The number of rotatable bonds is 7. The van der Waals surface area contributed by atoms with E-state index in [4.69, 9.17) is 5.21 Å². The summed E-state index contributed by atoms with van der Waals surface area (Å²) in [6.45, 7) is 2.34. The van der Waals surface area contributed by atoms with Gasteiger partial charge in [-0.2, -0.15) is 4.31 Å². The molecule has 3 rings (SSSR count). The van der Waals surface area contributed by atoms with Crippen LogP contribution >= 0.6 is 0 Å². The Labute approximate surface area is 198 Å². The first-order valence-corrected chi connectivity index (χ1v) is 10.5. The van der Waals surface area contributed by atoms with E-state index in [0.717, 1.165) is 16.7 Å². The zero-order valence-corrected chi connectivity index (χ0v) is 19.8. The predicted octanol–water partition coefficient (Wildman–Crippen LogP) is 0.509. The molecule has 6 nitrogen and oxygen atoms in total. The number of benzene rings is 3. The summed E-state index contributed by atoms with van der Waals surface area (Å²) in [5.74, 6) is -0.620. The van der Waals surface area contributed by atoms with E-state index in [-0.39, 0.29) is 53.1 Å². The van der Waals surface area contributed by atoms with E-state index in [1.807, 2.05) is 31.2 Å². The molecule has 0 saturated carbocycles. The molecule has 1 amide bonds. The maximum Gasteiger partial charge on any atom is 1.00 e. The van der Waals surface area contributed by atoms with Crippen molar-refractivity contribution in [2.45, 2.75) is 24.9 Å². The molecule has 30 heavy (non-hydrogen) atoms. The fourth-order valence-electron chi connectivity index (χ4n) is 2.89. The first-order chi connectivity index (χ1) is 13.9. The van der Waals surface area contributed by atoms with E-state index in [2.05, 4.69) is 0 Å². The van der Waals surface area contributed by atoms with Crippen LogP contribution in [0.15, 0.2) is 83.8 Å². The van der Waals surface area contributed by atoms with Crippen LogP contribution in [0.2, 0.25) is 0 Å². The van der Waals surface area contributed by atoms with Gasteiger partial charge in [0.15, 0.2) is 0 Å². The molecule has 0 spiro atoms. The van der Waals surface area contributed by atoms with Gasteiger partial charge in [-0.05, 0) is 42.3 Å². The molecule has 8 heteroatoms. The molecule has 0 heterocycles. The number of hydrogen-bond donors (Lipinski definition) is 2. The molecule has 0 aromatic heterocycles. The van der Waals surface area contributed by atoms with E-state index >= 15 is 0 Å². The fourth-order valence-corrected chi connectivity index (χ4v) is 4.33. The molecule has 0 radical (unpaired) electrons.